The predicted octanol–water partition coefficient (Wildman–Crippen LogP) is -0.238. The van der Waals surface area contributed by atoms with Crippen molar-refractivity contribution in [2.24, 2.45) is 5.73 Å². The summed E-state index contributed by atoms with van der Waals surface area (Å²) in [5, 5.41) is 6.61. The molecule has 84 valence electrons. The van der Waals surface area contributed by atoms with E-state index in [4.69, 9.17) is 5.73 Å². The second-order valence-electron chi connectivity index (χ2n) is 3.39. The molecule has 1 aromatic rings. The lowest BCUT2D eigenvalue weighted by Gasteiger charge is -2.05. The first-order valence-corrected chi connectivity index (χ1v) is 5.44. The number of nitrogens with one attached hydrogen (secondary N) is 2. The summed E-state index contributed by atoms with van der Waals surface area (Å²) in [6.45, 7) is 4.58. The molecule has 0 aliphatic carbocycles. The van der Waals surface area contributed by atoms with Gasteiger partial charge < -0.3 is 16.4 Å². The molecule has 0 bridgehead atoms. The maximum Gasteiger partial charge on any atom is 0.0270 e. The number of hydrogen-bond acceptors (Lipinski definition) is 4. The van der Waals surface area contributed by atoms with E-state index in [0.29, 0.717) is 6.54 Å². The van der Waals surface area contributed by atoms with Crippen LogP contribution in [-0.4, -0.2) is 37.7 Å². The second-order valence-corrected chi connectivity index (χ2v) is 3.39. The minimum absolute atomic E-state index is 0.705. The highest BCUT2D eigenvalue weighted by Crippen LogP contribution is 1.95. The first-order valence-electron chi connectivity index (χ1n) is 5.44. The average Bonchev–Trinajstić information content (AvgIpc) is 2.29. The van der Waals surface area contributed by atoms with Gasteiger partial charge in [-0.15, -0.1) is 0 Å². The zero-order valence-electron chi connectivity index (χ0n) is 9.08. The Morgan fingerprint density at radius 1 is 1.00 bits per heavy atom. The monoisotopic (exact) mass is 208 g/mol. The summed E-state index contributed by atoms with van der Waals surface area (Å²) in [6, 6.07) is 4.10. The molecule has 15 heavy (non-hydrogen) atoms. The van der Waals surface area contributed by atoms with Crippen molar-refractivity contribution >= 4 is 0 Å². The molecular weight excluding hydrogens is 188 g/mol. The molecular formula is C11H20N4. The van der Waals surface area contributed by atoms with Crippen molar-refractivity contribution in [3.05, 3.63) is 30.1 Å². The van der Waals surface area contributed by atoms with E-state index in [1.165, 1.54) is 5.56 Å². The standard InChI is InChI=1S/C11H20N4/c12-4-8-15-10-9-14-7-3-11-1-5-13-6-2-11/h1-2,5-6,14-15H,3-4,7-10,12H2. The van der Waals surface area contributed by atoms with Crippen LogP contribution in [0, 0.1) is 0 Å². The van der Waals surface area contributed by atoms with Crippen molar-refractivity contribution in [3.63, 3.8) is 0 Å². The van der Waals surface area contributed by atoms with Gasteiger partial charge in [-0.1, -0.05) is 0 Å². The third kappa shape index (κ3) is 6.17. The summed E-state index contributed by atoms with van der Waals surface area (Å²) in [4.78, 5) is 3.98. The Hall–Kier alpha value is -0.970. The van der Waals surface area contributed by atoms with E-state index in [0.717, 1.165) is 32.6 Å². The van der Waals surface area contributed by atoms with Gasteiger partial charge >= 0.3 is 0 Å². The zero-order chi connectivity index (χ0) is 10.8. The SMILES string of the molecule is NCCNCCNCCc1ccncc1. The molecule has 0 saturated heterocycles. The van der Waals surface area contributed by atoms with E-state index in [-0.39, 0.29) is 0 Å². The third-order valence-corrected chi connectivity index (χ3v) is 2.14. The number of hydrogen-bond donors (Lipinski definition) is 3. The van der Waals surface area contributed by atoms with Crippen LogP contribution in [0.4, 0.5) is 0 Å². The highest BCUT2D eigenvalue weighted by Gasteiger charge is 1.91. The number of nitrogens with zero attached hydrogens (tertiary/aromatic N) is 1. The zero-order valence-corrected chi connectivity index (χ0v) is 9.08. The Morgan fingerprint density at radius 2 is 1.67 bits per heavy atom. The van der Waals surface area contributed by atoms with Crippen LogP contribution >= 0.6 is 0 Å². The van der Waals surface area contributed by atoms with Gasteiger partial charge in [0.25, 0.3) is 0 Å². The van der Waals surface area contributed by atoms with Crippen LogP contribution in [0.3, 0.4) is 0 Å². The van der Waals surface area contributed by atoms with Crippen LogP contribution < -0.4 is 16.4 Å². The van der Waals surface area contributed by atoms with Gasteiger partial charge in [0.05, 0.1) is 0 Å². The van der Waals surface area contributed by atoms with E-state index in [9.17, 15) is 0 Å². The van der Waals surface area contributed by atoms with Gasteiger partial charge in [-0.05, 0) is 30.7 Å². The second kappa shape index (κ2) is 8.35. The highest BCUT2D eigenvalue weighted by atomic mass is 14.9. The lowest BCUT2D eigenvalue weighted by Crippen LogP contribution is -2.31. The third-order valence-electron chi connectivity index (χ3n) is 2.14. The fourth-order valence-corrected chi connectivity index (χ4v) is 1.31. The summed E-state index contributed by atoms with van der Waals surface area (Å²) in [6.07, 6.45) is 4.72. The van der Waals surface area contributed by atoms with E-state index < -0.39 is 0 Å². The van der Waals surface area contributed by atoms with Crippen LogP contribution in [0.1, 0.15) is 5.56 Å². The van der Waals surface area contributed by atoms with E-state index in [1.54, 1.807) is 0 Å². The molecule has 0 fully saturated rings. The maximum atomic E-state index is 5.36. The molecule has 1 aromatic heterocycles. The highest BCUT2D eigenvalue weighted by molar-refractivity contribution is 5.09. The maximum absolute atomic E-state index is 5.36. The molecule has 1 heterocycles. The summed E-state index contributed by atoms with van der Waals surface area (Å²) in [7, 11) is 0. The molecule has 0 unspecified atom stereocenters. The smallest absolute Gasteiger partial charge is 0.0270 e. The molecule has 1 rings (SSSR count). The fraction of sp³-hybridized carbons (Fsp3) is 0.545. The summed E-state index contributed by atoms with van der Waals surface area (Å²) < 4.78 is 0. The summed E-state index contributed by atoms with van der Waals surface area (Å²) >= 11 is 0. The number of rotatable bonds is 8. The van der Waals surface area contributed by atoms with Gasteiger partial charge in [-0.25, -0.2) is 0 Å². The van der Waals surface area contributed by atoms with E-state index >= 15 is 0 Å². The van der Waals surface area contributed by atoms with Gasteiger partial charge in [-0.3, -0.25) is 4.98 Å². The Bertz CT molecular complexity index is 238. The van der Waals surface area contributed by atoms with Crippen molar-refractivity contribution in [1.82, 2.24) is 15.6 Å². The van der Waals surface area contributed by atoms with Crippen LogP contribution in [0.15, 0.2) is 24.5 Å². The van der Waals surface area contributed by atoms with Crippen molar-refractivity contribution in [3.8, 4) is 0 Å². The van der Waals surface area contributed by atoms with Crippen molar-refractivity contribution in [2.75, 3.05) is 32.7 Å². The summed E-state index contributed by atoms with van der Waals surface area (Å²) in [5.74, 6) is 0. The topological polar surface area (TPSA) is 63.0 Å². The Morgan fingerprint density at radius 3 is 2.33 bits per heavy atom. The quantitative estimate of drug-likeness (QED) is 0.516. The molecule has 0 atom stereocenters. The number of aromatic nitrogens is 1. The Labute approximate surface area is 91.3 Å². The van der Waals surface area contributed by atoms with E-state index in [2.05, 4.69) is 15.6 Å². The van der Waals surface area contributed by atoms with Crippen LogP contribution in [-0.2, 0) is 6.42 Å². The largest absolute Gasteiger partial charge is 0.329 e. The van der Waals surface area contributed by atoms with E-state index in [1.807, 2.05) is 24.5 Å². The van der Waals surface area contributed by atoms with Gasteiger partial charge in [0.1, 0.15) is 0 Å². The molecule has 4 nitrogen and oxygen atoms in total. The average molecular weight is 208 g/mol. The summed E-state index contributed by atoms with van der Waals surface area (Å²) in [5.41, 5.74) is 6.68. The Balaban J connectivity index is 1.93. The Kier molecular flexibility index (Phi) is 6.73. The first kappa shape index (κ1) is 12.1. The molecule has 0 amide bonds. The van der Waals surface area contributed by atoms with Gasteiger partial charge in [0.15, 0.2) is 0 Å². The van der Waals surface area contributed by atoms with Crippen molar-refractivity contribution in [1.29, 1.82) is 0 Å². The number of pyridine rings is 1. The van der Waals surface area contributed by atoms with Gasteiger partial charge in [-0.2, -0.15) is 0 Å². The van der Waals surface area contributed by atoms with Crippen LogP contribution in [0.5, 0.6) is 0 Å². The number of nitrogens with two attached hydrogens (primary N) is 1. The molecule has 0 aliphatic heterocycles. The molecule has 4 N–H and O–H groups in total. The molecule has 0 radical (unpaired) electrons. The molecule has 0 aliphatic rings. The minimum Gasteiger partial charge on any atom is -0.329 e. The fourth-order valence-electron chi connectivity index (χ4n) is 1.31. The van der Waals surface area contributed by atoms with Crippen molar-refractivity contribution < 1.29 is 0 Å². The normalized spacial score (nSPS) is 10.5. The van der Waals surface area contributed by atoms with Crippen molar-refractivity contribution in [2.45, 2.75) is 6.42 Å². The van der Waals surface area contributed by atoms with Gasteiger partial charge in [0, 0.05) is 38.6 Å². The molecule has 0 aromatic carbocycles. The molecule has 0 saturated carbocycles. The lowest BCUT2D eigenvalue weighted by atomic mass is 10.2. The molecule has 0 spiro atoms. The van der Waals surface area contributed by atoms with Gasteiger partial charge in [0.2, 0.25) is 0 Å². The first-order chi connectivity index (χ1) is 7.43. The lowest BCUT2D eigenvalue weighted by molar-refractivity contribution is 0.615. The van der Waals surface area contributed by atoms with Crippen LogP contribution in [0.25, 0.3) is 0 Å². The minimum atomic E-state index is 0.705. The predicted molar refractivity (Wildman–Crippen MR) is 62.7 cm³/mol. The molecule has 4 heteroatoms. The van der Waals surface area contributed by atoms with Crippen LogP contribution in [0.2, 0.25) is 0 Å².